The summed E-state index contributed by atoms with van der Waals surface area (Å²) >= 11 is 0. The number of carbonyl (C=O) groups excluding carboxylic acids is 1. The third kappa shape index (κ3) is 1.65. The van der Waals surface area contributed by atoms with E-state index in [0.717, 1.165) is 13.0 Å². The van der Waals surface area contributed by atoms with E-state index in [1.165, 1.54) is 0 Å². The number of hydrogen-bond acceptors (Lipinski definition) is 2. The van der Waals surface area contributed by atoms with E-state index in [1.54, 1.807) is 0 Å². The molecule has 0 radical (unpaired) electrons. The maximum Gasteiger partial charge on any atom is 0.223 e. The van der Waals surface area contributed by atoms with E-state index in [9.17, 15) is 4.79 Å². The summed E-state index contributed by atoms with van der Waals surface area (Å²) < 4.78 is 0. The highest BCUT2D eigenvalue weighted by Crippen LogP contribution is 2.56. The van der Waals surface area contributed by atoms with Gasteiger partial charge in [-0.15, -0.1) is 0 Å². The second kappa shape index (κ2) is 3.73. The number of likely N-dealkylation sites (N-methyl/N-ethyl adjacent to an activating group) is 1. The van der Waals surface area contributed by atoms with E-state index in [2.05, 4.69) is 45.1 Å². The Morgan fingerprint density at radius 2 is 2.06 bits per heavy atom. The van der Waals surface area contributed by atoms with E-state index in [1.807, 2.05) is 0 Å². The van der Waals surface area contributed by atoms with Gasteiger partial charge in [0.25, 0.3) is 0 Å². The quantitative estimate of drug-likeness (QED) is 0.768. The van der Waals surface area contributed by atoms with E-state index in [0.29, 0.717) is 17.9 Å². The van der Waals surface area contributed by atoms with Gasteiger partial charge in [-0.1, -0.05) is 20.8 Å². The summed E-state index contributed by atoms with van der Waals surface area (Å²) in [5, 5.41) is 3.23. The average molecular weight is 224 g/mol. The SMILES string of the molecule is CC1C(CN(C)C)NC(=O)C2CC1C2(C)C. The van der Waals surface area contributed by atoms with Crippen LogP contribution in [0.25, 0.3) is 0 Å². The van der Waals surface area contributed by atoms with Gasteiger partial charge in [0.15, 0.2) is 0 Å². The topological polar surface area (TPSA) is 32.3 Å². The van der Waals surface area contributed by atoms with Gasteiger partial charge >= 0.3 is 0 Å². The molecule has 0 aromatic rings. The number of carbonyl (C=O) groups is 1. The fraction of sp³-hybridized carbons (Fsp3) is 0.923. The number of nitrogens with one attached hydrogen (secondary N) is 1. The van der Waals surface area contributed by atoms with Crippen LogP contribution in [-0.2, 0) is 4.79 Å². The maximum atomic E-state index is 12.1. The highest BCUT2D eigenvalue weighted by molar-refractivity contribution is 5.81. The summed E-state index contributed by atoms with van der Waals surface area (Å²) in [6.07, 6.45) is 1.09. The molecule has 0 spiro atoms. The van der Waals surface area contributed by atoms with Crippen molar-refractivity contribution in [2.45, 2.75) is 33.2 Å². The third-order valence-electron chi connectivity index (χ3n) is 4.82. The molecule has 3 aliphatic rings. The van der Waals surface area contributed by atoms with Crippen LogP contribution in [-0.4, -0.2) is 37.5 Å². The molecule has 1 aliphatic carbocycles. The Labute approximate surface area is 98.6 Å². The van der Waals surface area contributed by atoms with Gasteiger partial charge < -0.3 is 10.2 Å². The van der Waals surface area contributed by atoms with Gasteiger partial charge in [0, 0.05) is 18.5 Å². The third-order valence-corrected chi connectivity index (χ3v) is 4.82. The number of rotatable bonds is 2. The first-order valence-electron chi connectivity index (χ1n) is 6.29. The smallest absolute Gasteiger partial charge is 0.223 e. The fourth-order valence-corrected chi connectivity index (χ4v) is 3.60. The molecule has 1 saturated carbocycles. The lowest BCUT2D eigenvalue weighted by molar-refractivity contribution is -0.138. The Hall–Kier alpha value is -0.570. The Morgan fingerprint density at radius 3 is 2.56 bits per heavy atom. The first-order valence-corrected chi connectivity index (χ1v) is 6.29. The number of nitrogens with zero attached hydrogens (tertiary/aromatic N) is 1. The summed E-state index contributed by atoms with van der Waals surface area (Å²) in [5.41, 5.74) is 0.199. The molecule has 4 atom stereocenters. The Kier molecular flexibility index (Phi) is 2.77. The standard InChI is InChI=1S/C13H24N2O/c1-8-9-6-10(13(9,2)3)12(16)14-11(8)7-15(4)5/h8-11H,6-7H2,1-5H3,(H,14,16). The monoisotopic (exact) mass is 224 g/mol. The summed E-state index contributed by atoms with van der Waals surface area (Å²) in [4.78, 5) is 14.2. The van der Waals surface area contributed by atoms with Crippen LogP contribution in [0.1, 0.15) is 27.2 Å². The zero-order valence-corrected chi connectivity index (χ0v) is 11.1. The predicted molar refractivity (Wildman–Crippen MR) is 65.0 cm³/mol. The molecule has 0 aromatic heterocycles. The van der Waals surface area contributed by atoms with Crippen molar-refractivity contribution >= 4 is 5.91 Å². The Morgan fingerprint density at radius 1 is 1.44 bits per heavy atom. The second-order valence-electron chi connectivity index (χ2n) is 6.45. The van der Waals surface area contributed by atoms with Gasteiger partial charge in [-0.05, 0) is 37.8 Å². The largest absolute Gasteiger partial charge is 0.352 e. The lowest BCUT2D eigenvalue weighted by atomic mass is 9.51. The van der Waals surface area contributed by atoms with Gasteiger partial charge in [-0.3, -0.25) is 4.79 Å². The van der Waals surface area contributed by atoms with Crippen molar-refractivity contribution in [3.05, 3.63) is 0 Å². The Bertz CT molecular complexity index is 298. The molecule has 3 heteroatoms. The van der Waals surface area contributed by atoms with Gasteiger partial charge in [0.2, 0.25) is 5.91 Å². The van der Waals surface area contributed by atoms with E-state index in [4.69, 9.17) is 0 Å². The highest BCUT2D eigenvalue weighted by atomic mass is 16.2. The van der Waals surface area contributed by atoms with Crippen LogP contribution in [0.5, 0.6) is 0 Å². The molecule has 2 aliphatic heterocycles. The van der Waals surface area contributed by atoms with E-state index >= 15 is 0 Å². The lowest BCUT2D eigenvalue weighted by Gasteiger charge is -2.51. The lowest BCUT2D eigenvalue weighted by Crippen LogP contribution is -2.50. The summed E-state index contributed by atoms with van der Waals surface area (Å²) in [6.45, 7) is 7.74. The van der Waals surface area contributed by atoms with Crippen molar-refractivity contribution < 1.29 is 4.79 Å². The molecule has 0 aromatic carbocycles. The van der Waals surface area contributed by atoms with Crippen LogP contribution in [0.3, 0.4) is 0 Å². The summed E-state index contributed by atoms with van der Waals surface area (Å²) in [6, 6.07) is 0.319. The van der Waals surface area contributed by atoms with Crippen LogP contribution in [0.4, 0.5) is 0 Å². The molecule has 3 nitrogen and oxygen atoms in total. The van der Waals surface area contributed by atoms with Crippen LogP contribution in [0.15, 0.2) is 0 Å². The molecule has 3 rings (SSSR count). The van der Waals surface area contributed by atoms with Crippen molar-refractivity contribution in [1.29, 1.82) is 0 Å². The molecule has 2 bridgehead atoms. The zero-order valence-electron chi connectivity index (χ0n) is 11.1. The summed E-state index contributed by atoms with van der Waals surface area (Å²) in [5.74, 6) is 1.80. The highest BCUT2D eigenvalue weighted by Gasteiger charge is 2.57. The Balaban J connectivity index is 2.18. The van der Waals surface area contributed by atoms with Gasteiger partial charge in [-0.25, -0.2) is 0 Å². The molecule has 3 fully saturated rings. The predicted octanol–water partition coefficient (Wildman–Crippen LogP) is 1.34. The van der Waals surface area contributed by atoms with Crippen LogP contribution in [0.2, 0.25) is 0 Å². The average Bonchev–Trinajstić information content (AvgIpc) is 2.28. The van der Waals surface area contributed by atoms with Crippen molar-refractivity contribution in [3.63, 3.8) is 0 Å². The normalized spacial score (nSPS) is 41.2. The first kappa shape index (κ1) is 11.9. The molecule has 92 valence electrons. The van der Waals surface area contributed by atoms with E-state index in [-0.39, 0.29) is 17.2 Å². The first-order chi connectivity index (χ1) is 7.34. The second-order valence-corrected chi connectivity index (χ2v) is 6.45. The minimum Gasteiger partial charge on any atom is -0.352 e. The van der Waals surface area contributed by atoms with Crippen LogP contribution in [0, 0.1) is 23.2 Å². The molecular weight excluding hydrogens is 200 g/mol. The van der Waals surface area contributed by atoms with Crippen molar-refractivity contribution in [2.75, 3.05) is 20.6 Å². The fourth-order valence-electron chi connectivity index (χ4n) is 3.60. The minimum absolute atomic E-state index is 0.199. The number of fused-ring (bicyclic) bond motifs is 3. The molecule has 4 unspecified atom stereocenters. The van der Waals surface area contributed by atoms with Crippen molar-refractivity contribution in [2.24, 2.45) is 23.2 Å². The van der Waals surface area contributed by atoms with E-state index < -0.39 is 0 Å². The molecule has 16 heavy (non-hydrogen) atoms. The van der Waals surface area contributed by atoms with Crippen LogP contribution < -0.4 is 5.32 Å². The minimum atomic E-state index is 0.199. The molecule has 2 heterocycles. The maximum absolute atomic E-state index is 12.1. The molecular formula is C13H24N2O. The number of hydrogen-bond donors (Lipinski definition) is 1. The molecule has 2 saturated heterocycles. The number of amides is 1. The van der Waals surface area contributed by atoms with Crippen LogP contribution >= 0.6 is 0 Å². The zero-order chi connectivity index (χ0) is 12.1. The van der Waals surface area contributed by atoms with Crippen molar-refractivity contribution in [3.8, 4) is 0 Å². The van der Waals surface area contributed by atoms with Gasteiger partial charge in [-0.2, -0.15) is 0 Å². The molecule has 1 N–H and O–H groups in total. The van der Waals surface area contributed by atoms with Crippen molar-refractivity contribution in [1.82, 2.24) is 10.2 Å². The summed E-state index contributed by atoms with van der Waals surface area (Å²) in [7, 11) is 4.14. The molecule has 1 amide bonds. The van der Waals surface area contributed by atoms with Gasteiger partial charge in [0.1, 0.15) is 0 Å². The van der Waals surface area contributed by atoms with Gasteiger partial charge in [0.05, 0.1) is 0 Å².